The predicted octanol–water partition coefficient (Wildman–Crippen LogP) is 3.29. The number of amides is 1. The van der Waals surface area contributed by atoms with E-state index in [1.54, 1.807) is 16.8 Å². The normalized spacial score (nSPS) is 10.8. The lowest BCUT2D eigenvalue weighted by molar-refractivity contribution is 0.101. The minimum atomic E-state index is -0.486. The van der Waals surface area contributed by atoms with Crippen molar-refractivity contribution in [1.82, 2.24) is 9.78 Å². The Labute approximate surface area is 139 Å². The first-order valence-electron chi connectivity index (χ1n) is 7.89. The highest BCUT2D eigenvalue weighted by Gasteiger charge is 2.17. The number of carbonyl (C=O) groups is 1. The maximum absolute atomic E-state index is 12.6. The molecule has 0 radical (unpaired) electrons. The van der Waals surface area contributed by atoms with Gasteiger partial charge in [-0.05, 0) is 44.5 Å². The van der Waals surface area contributed by atoms with E-state index in [0.717, 1.165) is 16.6 Å². The molecule has 0 spiro atoms. The van der Waals surface area contributed by atoms with Gasteiger partial charge in [-0.15, -0.1) is 0 Å². The molecule has 1 amide bonds. The highest BCUT2D eigenvalue weighted by atomic mass is 16.2. The van der Waals surface area contributed by atoms with Crippen LogP contribution in [0, 0.1) is 13.8 Å². The van der Waals surface area contributed by atoms with Gasteiger partial charge < -0.3 is 5.32 Å². The summed E-state index contributed by atoms with van der Waals surface area (Å²) in [5, 5.41) is 7.55. The Bertz CT molecular complexity index is 990. The van der Waals surface area contributed by atoms with Crippen molar-refractivity contribution in [3.8, 4) is 0 Å². The minimum absolute atomic E-state index is 0.0875. The molecular formula is C19H19N3O2. The van der Waals surface area contributed by atoms with Crippen molar-refractivity contribution >= 4 is 22.5 Å². The first kappa shape index (κ1) is 15.9. The van der Waals surface area contributed by atoms with Gasteiger partial charge in [0.1, 0.15) is 0 Å². The lowest BCUT2D eigenvalue weighted by atomic mass is 10.1. The van der Waals surface area contributed by atoms with Gasteiger partial charge in [-0.25, -0.2) is 0 Å². The number of nitrogens with one attached hydrogen (secondary N) is 1. The van der Waals surface area contributed by atoms with Gasteiger partial charge >= 0.3 is 0 Å². The minimum Gasteiger partial charge on any atom is -0.320 e. The van der Waals surface area contributed by atoms with Gasteiger partial charge in [-0.2, -0.15) is 5.10 Å². The molecule has 2 aromatic carbocycles. The van der Waals surface area contributed by atoms with Crippen LogP contribution in [0.15, 0.2) is 47.3 Å². The molecule has 0 saturated carbocycles. The molecule has 0 atom stereocenters. The molecule has 3 rings (SSSR count). The first-order chi connectivity index (χ1) is 11.5. The number of aryl methyl sites for hydroxylation is 3. The molecule has 0 saturated heterocycles. The Hall–Kier alpha value is -2.95. The van der Waals surface area contributed by atoms with Crippen LogP contribution in [0.5, 0.6) is 0 Å². The first-order valence-corrected chi connectivity index (χ1v) is 7.89. The Kier molecular flexibility index (Phi) is 4.16. The Morgan fingerprint density at radius 2 is 1.92 bits per heavy atom. The summed E-state index contributed by atoms with van der Waals surface area (Å²) in [4.78, 5) is 25.2. The highest BCUT2D eigenvalue weighted by Crippen LogP contribution is 2.17. The van der Waals surface area contributed by atoms with E-state index >= 15 is 0 Å². The number of hydrogen-bond acceptors (Lipinski definition) is 3. The third kappa shape index (κ3) is 2.80. The molecule has 0 fully saturated rings. The van der Waals surface area contributed by atoms with Crippen LogP contribution in [-0.4, -0.2) is 15.7 Å². The number of benzene rings is 2. The fourth-order valence-electron chi connectivity index (χ4n) is 2.76. The molecule has 0 aliphatic heterocycles. The summed E-state index contributed by atoms with van der Waals surface area (Å²) >= 11 is 0. The van der Waals surface area contributed by atoms with E-state index in [-0.39, 0.29) is 11.1 Å². The number of nitrogens with zero attached hydrogens (tertiary/aromatic N) is 2. The summed E-state index contributed by atoms with van der Waals surface area (Å²) in [6.07, 6.45) is 0. The summed E-state index contributed by atoms with van der Waals surface area (Å²) < 4.78 is 1.67. The average Bonchev–Trinajstić information content (AvgIpc) is 2.58. The average molecular weight is 321 g/mol. The second-order valence-electron chi connectivity index (χ2n) is 5.78. The quantitative estimate of drug-likeness (QED) is 0.805. The Morgan fingerprint density at radius 1 is 1.17 bits per heavy atom. The van der Waals surface area contributed by atoms with E-state index in [4.69, 9.17) is 0 Å². The van der Waals surface area contributed by atoms with Crippen molar-refractivity contribution in [3.63, 3.8) is 0 Å². The molecule has 0 aliphatic rings. The third-order valence-corrected chi connectivity index (χ3v) is 4.01. The van der Waals surface area contributed by atoms with Crippen molar-refractivity contribution in [2.45, 2.75) is 27.3 Å². The molecule has 1 heterocycles. The van der Waals surface area contributed by atoms with Gasteiger partial charge in [0.05, 0.1) is 5.52 Å². The van der Waals surface area contributed by atoms with Crippen LogP contribution in [0.4, 0.5) is 5.69 Å². The molecule has 0 bridgehead atoms. The SMILES string of the molecule is CCn1nc(C(=O)Nc2ccc(C)cc2C)c(=O)c2ccccc21. The summed E-state index contributed by atoms with van der Waals surface area (Å²) in [5.41, 5.74) is 3.03. The number of aromatic nitrogens is 2. The number of rotatable bonds is 3. The van der Waals surface area contributed by atoms with E-state index in [1.807, 2.05) is 51.1 Å². The summed E-state index contributed by atoms with van der Waals surface area (Å²) in [5.74, 6) is -0.486. The summed E-state index contributed by atoms with van der Waals surface area (Å²) in [6.45, 7) is 6.41. The van der Waals surface area contributed by atoms with Crippen LogP contribution < -0.4 is 10.7 Å². The monoisotopic (exact) mass is 321 g/mol. The lowest BCUT2D eigenvalue weighted by Gasteiger charge is -2.11. The lowest BCUT2D eigenvalue weighted by Crippen LogP contribution is -2.27. The molecule has 3 aromatic rings. The molecule has 5 heteroatoms. The van der Waals surface area contributed by atoms with Crippen molar-refractivity contribution in [3.05, 3.63) is 69.5 Å². The topological polar surface area (TPSA) is 64.0 Å². The fourth-order valence-corrected chi connectivity index (χ4v) is 2.76. The fraction of sp³-hybridized carbons (Fsp3) is 0.211. The smallest absolute Gasteiger partial charge is 0.280 e. The van der Waals surface area contributed by atoms with E-state index in [1.165, 1.54) is 0 Å². The van der Waals surface area contributed by atoms with Gasteiger partial charge in [0.15, 0.2) is 5.69 Å². The molecular weight excluding hydrogens is 302 g/mol. The number of anilines is 1. The summed E-state index contributed by atoms with van der Waals surface area (Å²) in [7, 11) is 0. The molecule has 1 aromatic heterocycles. The van der Waals surface area contributed by atoms with Crippen molar-refractivity contribution in [1.29, 1.82) is 0 Å². The zero-order chi connectivity index (χ0) is 17.3. The van der Waals surface area contributed by atoms with Crippen LogP contribution in [0.1, 0.15) is 28.5 Å². The maximum Gasteiger partial charge on any atom is 0.280 e. The van der Waals surface area contributed by atoms with E-state index < -0.39 is 5.91 Å². The molecule has 0 aliphatic carbocycles. The molecule has 5 nitrogen and oxygen atoms in total. The standard InChI is InChI=1S/C19H19N3O2/c1-4-22-16-8-6-5-7-14(16)18(23)17(21-22)19(24)20-15-10-9-12(2)11-13(15)3/h5-11H,4H2,1-3H3,(H,20,24). The van der Waals surface area contributed by atoms with Gasteiger partial charge in [0.25, 0.3) is 5.91 Å². The van der Waals surface area contributed by atoms with Gasteiger partial charge in [-0.3, -0.25) is 14.3 Å². The summed E-state index contributed by atoms with van der Waals surface area (Å²) in [6, 6.07) is 12.9. The van der Waals surface area contributed by atoms with Crippen LogP contribution in [0.2, 0.25) is 0 Å². The van der Waals surface area contributed by atoms with Crippen molar-refractivity contribution in [2.75, 3.05) is 5.32 Å². The van der Waals surface area contributed by atoms with E-state index in [2.05, 4.69) is 10.4 Å². The van der Waals surface area contributed by atoms with E-state index in [0.29, 0.717) is 17.6 Å². The molecule has 1 N–H and O–H groups in total. The largest absolute Gasteiger partial charge is 0.320 e. The van der Waals surface area contributed by atoms with Gasteiger partial charge in [0, 0.05) is 17.6 Å². The molecule has 0 unspecified atom stereocenters. The number of para-hydroxylation sites is 1. The van der Waals surface area contributed by atoms with Crippen LogP contribution in [-0.2, 0) is 6.54 Å². The molecule has 122 valence electrons. The second kappa shape index (κ2) is 6.28. The number of hydrogen-bond donors (Lipinski definition) is 1. The van der Waals surface area contributed by atoms with Crippen LogP contribution in [0.3, 0.4) is 0 Å². The van der Waals surface area contributed by atoms with Crippen LogP contribution >= 0.6 is 0 Å². The van der Waals surface area contributed by atoms with Gasteiger partial charge in [-0.1, -0.05) is 29.8 Å². The predicted molar refractivity (Wildman–Crippen MR) is 95.5 cm³/mol. The Morgan fingerprint density at radius 3 is 2.62 bits per heavy atom. The van der Waals surface area contributed by atoms with Crippen molar-refractivity contribution < 1.29 is 4.79 Å². The zero-order valence-electron chi connectivity index (χ0n) is 14.0. The van der Waals surface area contributed by atoms with E-state index in [9.17, 15) is 9.59 Å². The van der Waals surface area contributed by atoms with Gasteiger partial charge in [0.2, 0.25) is 5.43 Å². The number of fused-ring (bicyclic) bond motifs is 1. The second-order valence-corrected chi connectivity index (χ2v) is 5.78. The number of carbonyl (C=O) groups excluding carboxylic acids is 1. The maximum atomic E-state index is 12.6. The molecule has 24 heavy (non-hydrogen) atoms. The van der Waals surface area contributed by atoms with Crippen molar-refractivity contribution in [2.24, 2.45) is 0 Å². The Balaban J connectivity index is 2.07. The van der Waals surface area contributed by atoms with Crippen LogP contribution in [0.25, 0.3) is 10.9 Å². The highest BCUT2D eigenvalue weighted by molar-refractivity contribution is 6.04. The third-order valence-electron chi connectivity index (χ3n) is 4.01. The zero-order valence-corrected chi connectivity index (χ0v) is 14.0.